The fourth-order valence-electron chi connectivity index (χ4n) is 1.80. The van der Waals surface area contributed by atoms with Gasteiger partial charge in [0.25, 0.3) is 0 Å². The lowest BCUT2D eigenvalue weighted by molar-refractivity contribution is 0.571. The van der Waals surface area contributed by atoms with E-state index in [1.54, 1.807) is 0 Å². The molecule has 1 aromatic heterocycles. The Morgan fingerprint density at radius 1 is 1.54 bits per heavy atom. The van der Waals surface area contributed by atoms with Crippen molar-refractivity contribution in [3.63, 3.8) is 0 Å². The van der Waals surface area contributed by atoms with Crippen molar-refractivity contribution >= 4 is 0 Å². The highest BCUT2D eigenvalue weighted by atomic mass is 14.9. The molecule has 0 amide bonds. The van der Waals surface area contributed by atoms with Gasteiger partial charge in [-0.15, -0.1) is 0 Å². The lowest BCUT2D eigenvalue weighted by Crippen LogP contribution is -2.11. The van der Waals surface area contributed by atoms with Crippen molar-refractivity contribution in [2.75, 3.05) is 13.1 Å². The molecule has 0 aliphatic carbocycles. The Bertz CT molecular complexity index is 260. The molecule has 1 fully saturated rings. The van der Waals surface area contributed by atoms with Crippen LogP contribution in [0, 0.1) is 12.8 Å². The summed E-state index contributed by atoms with van der Waals surface area (Å²) >= 11 is 0. The molecule has 1 atom stereocenters. The zero-order valence-electron chi connectivity index (χ0n) is 8.09. The van der Waals surface area contributed by atoms with E-state index in [2.05, 4.69) is 29.4 Å². The number of aryl methyl sites for hydroxylation is 1. The van der Waals surface area contributed by atoms with Gasteiger partial charge in [0, 0.05) is 11.9 Å². The number of hydrogen-bond acceptors (Lipinski definition) is 2. The zero-order chi connectivity index (χ0) is 9.10. The molecule has 2 rings (SSSR count). The molecular weight excluding hydrogens is 160 g/mol. The molecule has 2 heteroatoms. The molecule has 1 N–H and O–H groups in total. The molecule has 1 aliphatic heterocycles. The molecule has 0 bridgehead atoms. The van der Waals surface area contributed by atoms with Gasteiger partial charge in [0.2, 0.25) is 0 Å². The smallest absolute Gasteiger partial charge is 0.0407 e. The third-order valence-corrected chi connectivity index (χ3v) is 2.63. The third-order valence-electron chi connectivity index (χ3n) is 2.63. The second-order valence-electron chi connectivity index (χ2n) is 3.89. The van der Waals surface area contributed by atoms with E-state index in [0.717, 1.165) is 18.9 Å². The maximum Gasteiger partial charge on any atom is 0.0407 e. The second kappa shape index (κ2) is 3.88. The van der Waals surface area contributed by atoms with Gasteiger partial charge < -0.3 is 5.32 Å². The molecule has 13 heavy (non-hydrogen) atoms. The maximum absolute atomic E-state index is 4.41. The standard InChI is InChI=1S/C11H16N2/c1-9-2-3-11(13-7-9)6-10-4-5-12-8-10/h2-3,7,10,12H,4-6,8H2,1H3/t10-/m0/s1. The summed E-state index contributed by atoms with van der Waals surface area (Å²) in [6.45, 7) is 4.42. The van der Waals surface area contributed by atoms with Crippen LogP contribution in [0.1, 0.15) is 17.7 Å². The summed E-state index contributed by atoms with van der Waals surface area (Å²) in [7, 11) is 0. The molecule has 2 heterocycles. The summed E-state index contributed by atoms with van der Waals surface area (Å²) in [5, 5.41) is 3.38. The first-order chi connectivity index (χ1) is 6.34. The van der Waals surface area contributed by atoms with Crippen LogP contribution in [0.4, 0.5) is 0 Å². The molecule has 0 spiro atoms. The van der Waals surface area contributed by atoms with Gasteiger partial charge in [-0.2, -0.15) is 0 Å². The van der Waals surface area contributed by atoms with E-state index in [9.17, 15) is 0 Å². The van der Waals surface area contributed by atoms with Gasteiger partial charge in [0.1, 0.15) is 0 Å². The molecule has 0 unspecified atom stereocenters. The van der Waals surface area contributed by atoms with Crippen molar-refractivity contribution < 1.29 is 0 Å². The van der Waals surface area contributed by atoms with Crippen molar-refractivity contribution in [1.82, 2.24) is 10.3 Å². The largest absolute Gasteiger partial charge is 0.316 e. The lowest BCUT2D eigenvalue weighted by Gasteiger charge is -2.06. The predicted molar refractivity (Wildman–Crippen MR) is 53.7 cm³/mol. The normalized spacial score (nSPS) is 22.1. The molecule has 0 radical (unpaired) electrons. The maximum atomic E-state index is 4.41. The number of rotatable bonds is 2. The van der Waals surface area contributed by atoms with E-state index >= 15 is 0 Å². The van der Waals surface area contributed by atoms with Crippen molar-refractivity contribution in [2.24, 2.45) is 5.92 Å². The Hall–Kier alpha value is -0.890. The first-order valence-corrected chi connectivity index (χ1v) is 4.97. The Morgan fingerprint density at radius 3 is 3.08 bits per heavy atom. The zero-order valence-corrected chi connectivity index (χ0v) is 8.09. The first-order valence-electron chi connectivity index (χ1n) is 4.97. The highest BCUT2D eigenvalue weighted by Crippen LogP contribution is 2.13. The predicted octanol–water partition coefficient (Wildman–Crippen LogP) is 1.54. The SMILES string of the molecule is Cc1ccc(C[C@@H]2CCNC2)nc1. The van der Waals surface area contributed by atoms with Crippen LogP contribution in [0.25, 0.3) is 0 Å². The van der Waals surface area contributed by atoms with Crippen LogP contribution >= 0.6 is 0 Å². The molecule has 1 aromatic rings. The molecule has 1 saturated heterocycles. The number of aromatic nitrogens is 1. The van der Waals surface area contributed by atoms with Gasteiger partial charge in [-0.1, -0.05) is 6.07 Å². The highest BCUT2D eigenvalue weighted by Gasteiger charge is 2.14. The molecule has 2 nitrogen and oxygen atoms in total. The van der Waals surface area contributed by atoms with Crippen molar-refractivity contribution in [1.29, 1.82) is 0 Å². The van der Waals surface area contributed by atoms with E-state index in [-0.39, 0.29) is 0 Å². The van der Waals surface area contributed by atoms with Gasteiger partial charge in [0.15, 0.2) is 0 Å². The molecule has 70 valence electrons. The van der Waals surface area contributed by atoms with Gasteiger partial charge in [-0.25, -0.2) is 0 Å². The minimum Gasteiger partial charge on any atom is -0.316 e. The van der Waals surface area contributed by atoms with E-state index in [1.807, 2.05) is 6.20 Å². The van der Waals surface area contributed by atoms with Gasteiger partial charge in [-0.05, 0) is 50.4 Å². The summed E-state index contributed by atoms with van der Waals surface area (Å²) in [5.74, 6) is 0.801. The summed E-state index contributed by atoms with van der Waals surface area (Å²) in [5.41, 5.74) is 2.48. The van der Waals surface area contributed by atoms with Gasteiger partial charge >= 0.3 is 0 Å². The quantitative estimate of drug-likeness (QED) is 0.739. The summed E-state index contributed by atoms with van der Waals surface area (Å²) < 4.78 is 0. The molecule has 0 aromatic carbocycles. The summed E-state index contributed by atoms with van der Waals surface area (Å²) in [6, 6.07) is 4.29. The minimum absolute atomic E-state index is 0.801. The van der Waals surface area contributed by atoms with Crippen LogP contribution in [0.3, 0.4) is 0 Å². The van der Waals surface area contributed by atoms with Crippen molar-refractivity contribution in [2.45, 2.75) is 19.8 Å². The first kappa shape index (κ1) is 8.70. The molecule has 1 aliphatic rings. The minimum atomic E-state index is 0.801. The van der Waals surface area contributed by atoms with Crippen LogP contribution in [-0.2, 0) is 6.42 Å². The second-order valence-corrected chi connectivity index (χ2v) is 3.89. The Labute approximate surface area is 79.4 Å². The summed E-state index contributed by atoms with van der Waals surface area (Å²) in [6.07, 6.45) is 4.39. The summed E-state index contributed by atoms with van der Waals surface area (Å²) in [4.78, 5) is 4.41. The fraction of sp³-hybridized carbons (Fsp3) is 0.545. The third kappa shape index (κ3) is 2.28. The van der Waals surface area contributed by atoms with Gasteiger partial charge in [-0.3, -0.25) is 4.98 Å². The Balaban J connectivity index is 1.97. The number of hydrogen-bond donors (Lipinski definition) is 1. The molecule has 0 saturated carbocycles. The van der Waals surface area contributed by atoms with E-state index in [4.69, 9.17) is 0 Å². The van der Waals surface area contributed by atoms with Crippen LogP contribution < -0.4 is 5.32 Å². The van der Waals surface area contributed by atoms with Crippen LogP contribution in [0.15, 0.2) is 18.3 Å². The fourth-order valence-corrected chi connectivity index (χ4v) is 1.80. The van der Waals surface area contributed by atoms with Gasteiger partial charge in [0.05, 0.1) is 0 Å². The Morgan fingerprint density at radius 2 is 2.46 bits per heavy atom. The topological polar surface area (TPSA) is 24.9 Å². The van der Waals surface area contributed by atoms with E-state index in [0.29, 0.717) is 0 Å². The van der Waals surface area contributed by atoms with Crippen molar-refractivity contribution in [3.8, 4) is 0 Å². The lowest BCUT2D eigenvalue weighted by atomic mass is 10.0. The van der Waals surface area contributed by atoms with Crippen LogP contribution in [0.2, 0.25) is 0 Å². The Kier molecular flexibility index (Phi) is 2.60. The average Bonchev–Trinajstić information content (AvgIpc) is 2.62. The highest BCUT2D eigenvalue weighted by molar-refractivity contribution is 5.12. The number of nitrogens with one attached hydrogen (secondary N) is 1. The van der Waals surface area contributed by atoms with E-state index in [1.165, 1.54) is 24.2 Å². The monoisotopic (exact) mass is 176 g/mol. The number of nitrogens with zero attached hydrogens (tertiary/aromatic N) is 1. The van der Waals surface area contributed by atoms with Crippen LogP contribution in [0.5, 0.6) is 0 Å². The van der Waals surface area contributed by atoms with Crippen LogP contribution in [-0.4, -0.2) is 18.1 Å². The van der Waals surface area contributed by atoms with Crippen molar-refractivity contribution in [3.05, 3.63) is 29.6 Å². The van der Waals surface area contributed by atoms with E-state index < -0.39 is 0 Å². The average molecular weight is 176 g/mol. The molecular formula is C11H16N2. The number of pyridine rings is 1.